The SMILES string of the molecule is O=c1/c(=C\c2ccc(OCc3ccc4c(c3)OCO4)cc2)sc2n1[C@H](c1cccs1)C1=C(N=2)c2ccccc2CC1. The molecule has 0 saturated heterocycles. The number of thiophene rings is 1. The van der Waals surface area contributed by atoms with E-state index in [1.54, 1.807) is 11.3 Å². The Balaban J connectivity index is 1.12. The Morgan fingerprint density at radius 2 is 1.85 bits per heavy atom. The number of aryl methyl sites for hydroxylation is 1. The molecule has 1 aliphatic carbocycles. The summed E-state index contributed by atoms with van der Waals surface area (Å²) >= 11 is 3.15. The number of hydrogen-bond acceptors (Lipinski definition) is 7. The maximum absolute atomic E-state index is 13.9. The number of fused-ring (bicyclic) bond motifs is 4. The molecule has 2 aliphatic heterocycles. The summed E-state index contributed by atoms with van der Waals surface area (Å²) in [5, 5.41) is 2.08. The monoisotopic (exact) mass is 576 g/mol. The van der Waals surface area contributed by atoms with Crippen molar-refractivity contribution in [2.24, 2.45) is 4.99 Å². The van der Waals surface area contributed by atoms with E-state index in [9.17, 15) is 4.79 Å². The van der Waals surface area contributed by atoms with Crippen LogP contribution in [0.3, 0.4) is 0 Å². The van der Waals surface area contributed by atoms with Gasteiger partial charge in [0.05, 0.1) is 16.3 Å². The Morgan fingerprint density at radius 1 is 0.976 bits per heavy atom. The van der Waals surface area contributed by atoms with E-state index < -0.39 is 0 Å². The molecule has 41 heavy (non-hydrogen) atoms. The summed E-state index contributed by atoms with van der Waals surface area (Å²) in [6, 6.07) is 26.2. The minimum atomic E-state index is -0.122. The van der Waals surface area contributed by atoms with Crippen molar-refractivity contribution in [3.8, 4) is 17.2 Å². The second kappa shape index (κ2) is 9.90. The van der Waals surface area contributed by atoms with Crippen LogP contribution in [0, 0.1) is 0 Å². The first-order valence-corrected chi connectivity index (χ1v) is 15.2. The summed E-state index contributed by atoms with van der Waals surface area (Å²) < 4.78 is 19.4. The predicted octanol–water partition coefficient (Wildman–Crippen LogP) is 5.69. The molecule has 5 aromatic rings. The zero-order valence-electron chi connectivity index (χ0n) is 21.9. The minimum Gasteiger partial charge on any atom is -0.489 e. The molecule has 1 atom stereocenters. The molecule has 0 fully saturated rings. The molecule has 2 aromatic heterocycles. The van der Waals surface area contributed by atoms with E-state index in [1.165, 1.54) is 32.9 Å². The quantitative estimate of drug-likeness (QED) is 0.270. The molecule has 0 unspecified atom stereocenters. The van der Waals surface area contributed by atoms with Gasteiger partial charge in [-0.05, 0) is 76.9 Å². The van der Waals surface area contributed by atoms with Crippen LogP contribution in [0.15, 0.2) is 99.6 Å². The van der Waals surface area contributed by atoms with E-state index in [4.69, 9.17) is 19.2 Å². The fourth-order valence-corrected chi connectivity index (χ4v) is 7.58. The third kappa shape index (κ3) is 4.31. The van der Waals surface area contributed by atoms with Crippen molar-refractivity contribution in [2.45, 2.75) is 25.5 Å². The fraction of sp³-hybridized carbons (Fsp3) is 0.152. The predicted molar refractivity (Wildman–Crippen MR) is 160 cm³/mol. The van der Waals surface area contributed by atoms with Crippen LogP contribution in [0.4, 0.5) is 0 Å². The number of thiazole rings is 1. The molecule has 0 radical (unpaired) electrons. The van der Waals surface area contributed by atoms with Gasteiger partial charge in [-0.15, -0.1) is 11.3 Å². The summed E-state index contributed by atoms with van der Waals surface area (Å²) in [6.07, 6.45) is 3.81. The van der Waals surface area contributed by atoms with Gasteiger partial charge < -0.3 is 14.2 Å². The van der Waals surface area contributed by atoms with Crippen LogP contribution in [0.25, 0.3) is 11.8 Å². The third-order valence-electron chi connectivity index (χ3n) is 7.71. The molecule has 202 valence electrons. The largest absolute Gasteiger partial charge is 0.489 e. The van der Waals surface area contributed by atoms with Crippen molar-refractivity contribution >= 4 is 34.4 Å². The zero-order chi connectivity index (χ0) is 27.3. The average Bonchev–Trinajstić information content (AvgIpc) is 3.77. The second-order valence-electron chi connectivity index (χ2n) is 10.2. The van der Waals surface area contributed by atoms with Crippen LogP contribution in [-0.4, -0.2) is 11.4 Å². The molecule has 0 amide bonds. The van der Waals surface area contributed by atoms with Gasteiger partial charge in [0.15, 0.2) is 16.3 Å². The summed E-state index contributed by atoms with van der Waals surface area (Å²) in [5.74, 6) is 2.26. The van der Waals surface area contributed by atoms with Crippen molar-refractivity contribution in [1.29, 1.82) is 0 Å². The molecule has 0 N–H and O–H groups in total. The lowest BCUT2D eigenvalue weighted by Crippen LogP contribution is -2.38. The number of nitrogens with zero attached hydrogens (tertiary/aromatic N) is 2. The highest BCUT2D eigenvalue weighted by molar-refractivity contribution is 7.10. The molecule has 0 spiro atoms. The molecule has 3 aliphatic rings. The Kier molecular flexibility index (Phi) is 5.89. The lowest BCUT2D eigenvalue weighted by molar-refractivity contribution is 0.174. The van der Waals surface area contributed by atoms with Gasteiger partial charge in [-0.3, -0.25) is 9.36 Å². The van der Waals surface area contributed by atoms with Gasteiger partial charge in [-0.25, -0.2) is 4.99 Å². The second-order valence-corrected chi connectivity index (χ2v) is 12.2. The van der Waals surface area contributed by atoms with E-state index in [-0.39, 0.29) is 18.4 Å². The van der Waals surface area contributed by atoms with Crippen molar-refractivity contribution in [1.82, 2.24) is 4.57 Å². The molecule has 8 heteroatoms. The lowest BCUT2D eigenvalue weighted by atomic mass is 9.85. The highest BCUT2D eigenvalue weighted by atomic mass is 32.1. The van der Waals surface area contributed by atoms with Crippen LogP contribution >= 0.6 is 22.7 Å². The lowest BCUT2D eigenvalue weighted by Gasteiger charge is -2.30. The molecule has 0 saturated carbocycles. The molecule has 6 nitrogen and oxygen atoms in total. The van der Waals surface area contributed by atoms with E-state index >= 15 is 0 Å². The third-order valence-corrected chi connectivity index (χ3v) is 9.61. The number of benzene rings is 3. The summed E-state index contributed by atoms with van der Waals surface area (Å²) in [6.45, 7) is 0.676. The molecule has 4 heterocycles. The van der Waals surface area contributed by atoms with Gasteiger partial charge in [0.2, 0.25) is 6.79 Å². The fourth-order valence-electron chi connectivity index (χ4n) is 5.73. The first kappa shape index (κ1) is 24.4. The Morgan fingerprint density at radius 3 is 2.73 bits per heavy atom. The van der Waals surface area contributed by atoms with Crippen LogP contribution in [0.1, 0.15) is 39.6 Å². The molecule has 8 rings (SSSR count). The van der Waals surface area contributed by atoms with E-state index in [1.807, 2.05) is 53.1 Å². The highest BCUT2D eigenvalue weighted by Gasteiger charge is 2.33. The first-order chi connectivity index (χ1) is 20.2. The van der Waals surface area contributed by atoms with E-state index in [2.05, 4.69) is 41.8 Å². The Labute approximate surface area is 243 Å². The number of rotatable bonds is 5. The van der Waals surface area contributed by atoms with Crippen molar-refractivity contribution in [2.75, 3.05) is 6.79 Å². The van der Waals surface area contributed by atoms with Gasteiger partial charge in [-0.1, -0.05) is 59.9 Å². The van der Waals surface area contributed by atoms with Crippen LogP contribution in [0.2, 0.25) is 0 Å². The van der Waals surface area contributed by atoms with Gasteiger partial charge in [0.1, 0.15) is 12.4 Å². The van der Waals surface area contributed by atoms with Crippen LogP contribution < -0.4 is 29.1 Å². The summed E-state index contributed by atoms with van der Waals surface area (Å²) in [5.41, 5.74) is 6.71. The van der Waals surface area contributed by atoms with Crippen molar-refractivity contribution < 1.29 is 14.2 Å². The average molecular weight is 577 g/mol. The topological polar surface area (TPSA) is 62.1 Å². The van der Waals surface area contributed by atoms with Gasteiger partial charge >= 0.3 is 0 Å². The number of ether oxygens (including phenoxy) is 3. The number of hydrogen-bond donors (Lipinski definition) is 0. The zero-order valence-corrected chi connectivity index (χ0v) is 23.5. The maximum atomic E-state index is 13.9. The minimum absolute atomic E-state index is 0.000642. The smallest absolute Gasteiger partial charge is 0.271 e. The van der Waals surface area contributed by atoms with Gasteiger partial charge in [0, 0.05) is 10.4 Å². The van der Waals surface area contributed by atoms with Crippen LogP contribution in [0.5, 0.6) is 17.2 Å². The van der Waals surface area contributed by atoms with Crippen LogP contribution in [-0.2, 0) is 13.0 Å². The maximum Gasteiger partial charge on any atom is 0.271 e. The van der Waals surface area contributed by atoms with E-state index in [0.29, 0.717) is 11.1 Å². The summed E-state index contributed by atoms with van der Waals surface area (Å²) in [4.78, 5) is 20.9. The van der Waals surface area contributed by atoms with E-state index in [0.717, 1.165) is 51.7 Å². The van der Waals surface area contributed by atoms with Gasteiger partial charge in [0.25, 0.3) is 5.56 Å². The number of allylic oxidation sites excluding steroid dienone is 1. The molecular weight excluding hydrogens is 553 g/mol. The molecule has 0 bridgehead atoms. The standard InChI is InChI=1S/C33H24N2O4S2/c36-32-29(17-20-7-11-23(12-8-20)37-18-21-9-14-26-27(16-21)39-19-38-26)41-33-34-30-24-5-2-1-4-22(24)10-13-25(30)31(35(32)33)28-6-3-15-40-28/h1-9,11-12,14-17,31H,10,13,18-19H2/b29-17+/t31-/m0/s1. The van der Waals surface area contributed by atoms with Crippen molar-refractivity contribution in [3.63, 3.8) is 0 Å². The molecule has 3 aromatic carbocycles. The first-order valence-electron chi connectivity index (χ1n) is 13.5. The normalized spacial score (nSPS) is 17.1. The summed E-state index contributed by atoms with van der Waals surface area (Å²) in [7, 11) is 0. The number of aromatic nitrogens is 1. The Hall–Kier alpha value is -4.40. The van der Waals surface area contributed by atoms with Crippen molar-refractivity contribution in [3.05, 3.63) is 137 Å². The van der Waals surface area contributed by atoms with Gasteiger partial charge in [-0.2, -0.15) is 0 Å². The Bertz CT molecular complexity index is 2000. The highest BCUT2D eigenvalue weighted by Crippen LogP contribution is 2.42. The molecular formula is C33H24N2O4S2.